The van der Waals surface area contributed by atoms with Crippen LogP contribution in [0.15, 0.2) is 91.1 Å². The summed E-state index contributed by atoms with van der Waals surface area (Å²) in [6.07, 6.45) is -3.05. The first-order valence-electron chi connectivity index (χ1n) is 11.4. The van der Waals surface area contributed by atoms with E-state index in [1.165, 1.54) is 24.4 Å². The highest BCUT2D eigenvalue weighted by Gasteiger charge is 2.33. The van der Waals surface area contributed by atoms with Crippen molar-refractivity contribution in [3.63, 3.8) is 0 Å². The van der Waals surface area contributed by atoms with Crippen molar-refractivity contribution in [2.75, 3.05) is 0 Å². The van der Waals surface area contributed by atoms with Crippen molar-refractivity contribution < 1.29 is 22.3 Å². The molecule has 0 aliphatic heterocycles. The van der Waals surface area contributed by atoms with Crippen LogP contribution in [0.1, 0.15) is 16.7 Å². The summed E-state index contributed by atoms with van der Waals surface area (Å²) in [5.41, 5.74) is 3.54. The molecule has 0 amide bonds. The van der Waals surface area contributed by atoms with Gasteiger partial charge in [-0.15, -0.1) is 0 Å². The van der Waals surface area contributed by atoms with E-state index in [9.17, 15) is 17.6 Å². The molecular weight excluding hydrogens is 502 g/mol. The average molecular weight is 522 g/mol. The third-order valence-electron chi connectivity index (χ3n) is 6.17. The van der Waals surface area contributed by atoms with Gasteiger partial charge in [0.2, 0.25) is 0 Å². The fourth-order valence-electron chi connectivity index (χ4n) is 4.38. The highest BCUT2D eigenvalue weighted by molar-refractivity contribution is 6.31. The number of aromatic nitrogens is 1. The van der Waals surface area contributed by atoms with E-state index in [0.29, 0.717) is 33.4 Å². The van der Waals surface area contributed by atoms with Gasteiger partial charge in [-0.05, 0) is 53.9 Å². The second-order valence-corrected chi connectivity index (χ2v) is 9.02. The van der Waals surface area contributed by atoms with Crippen molar-refractivity contribution in [2.45, 2.75) is 19.7 Å². The predicted octanol–water partition coefficient (Wildman–Crippen LogP) is 9.27. The molecule has 2 nitrogen and oxygen atoms in total. The number of pyridine rings is 1. The maximum atomic E-state index is 13.8. The molecule has 0 saturated heterocycles. The van der Waals surface area contributed by atoms with Crippen LogP contribution < -0.4 is 4.74 Å². The molecule has 7 heteroatoms. The van der Waals surface area contributed by atoms with Gasteiger partial charge >= 0.3 is 6.18 Å². The van der Waals surface area contributed by atoms with Crippen LogP contribution in [0, 0.1) is 12.7 Å². The zero-order valence-electron chi connectivity index (χ0n) is 19.6. The zero-order valence-corrected chi connectivity index (χ0v) is 20.4. The Morgan fingerprint density at radius 3 is 2.41 bits per heavy atom. The fraction of sp³-hybridized carbons (Fsp3) is 0.100. The molecule has 186 valence electrons. The van der Waals surface area contributed by atoms with Gasteiger partial charge in [0, 0.05) is 28.3 Å². The summed E-state index contributed by atoms with van der Waals surface area (Å²) >= 11 is 6.12. The van der Waals surface area contributed by atoms with E-state index in [-0.39, 0.29) is 17.1 Å². The molecule has 0 bridgehead atoms. The fourth-order valence-corrected chi connectivity index (χ4v) is 4.61. The van der Waals surface area contributed by atoms with Crippen molar-refractivity contribution in [3.8, 4) is 28.0 Å². The number of hydrogen-bond acceptors (Lipinski definition) is 2. The number of alkyl halides is 3. The number of fused-ring (bicyclic) bond motifs is 1. The summed E-state index contributed by atoms with van der Waals surface area (Å²) in [6, 6.07) is 22.9. The Bertz CT molecular complexity index is 1610. The number of nitrogens with zero attached hydrogens (tertiary/aromatic N) is 1. The van der Waals surface area contributed by atoms with Crippen molar-refractivity contribution in [1.82, 2.24) is 4.98 Å². The predicted molar refractivity (Wildman–Crippen MR) is 138 cm³/mol. The Hall–Kier alpha value is -3.90. The largest absolute Gasteiger partial charge is 0.489 e. The van der Waals surface area contributed by atoms with E-state index in [1.807, 2.05) is 37.3 Å². The van der Waals surface area contributed by atoms with Crippen LogP contribution in [0.3, 0.4) is 0 Å². The molecule has 1 heterocycles. The lowest BCUT2D eigenvalue weighted by molar-refractivity contribution is -0.136. The summed E-state index contributed by atoms with van der Waals surface area (Å²) in [5.74, 6) is 0.0489. The minimum Gasteiger partial charge on any atom is -0.489 e. The van der Waals surface area contributed by atoms with Crippen LogP contribution in [0.2, 0.25) is 5.02 Å². The van der Waals surface area contributed by atoms with E-state index in [0.717, 1.165) is 17.2 Å². The van der Waals surface area contributed by atoms with Crippen LogP contribution >= 0.6 is 11.6 Å². The van der Waals surface area contributed by atoms with Crippen molar-refractivity contribution in [3.05, 3.63) is 119 Å². The lowest BCUT2D eigenvalue weighted by atomic mass is 9.90. The molecule has 37 heavy (non-hydrogen) atoms. The minimum absolute atomic E-state index is 0.0997. The average Bonchev–Trinajstić information content (AvgIpc) is 2.87. The molecule has 0 atom stereocenters. The van der Waals surface area contributed by atoms with Gasteiger partial charge in [0.25, 0.3) is 0 Å². The van der Waals surface area contributed by atoms with E-state index < -0.39 is 17.6 Å². The topological polar surface area (TPSA) is 22.1 Å². The van der Waals surface area contributed by atoms with E-state index in [4.69, 9.17) is 16.3 Å². The number of benzene rings is 4. The number of ether oxygens (including phenoxy) is 1. The first-order chi connectivity index (χ1) is 17.7. The van der Waals surface area contributed by atoms with Gasteiger partial charge in [0.15, 0.2) is 0 Å². The Balaban J connectivity index is 1.66. The van der Waals surface area contributed by atoms with Crippen molar-refractivity contribution in [2.24, 2.45) is 0 Å². The van der Waals surface area contributed by atoms with Gasteiger partial charge in [-0.25, -0.2) is 4.39 Å². The van der Waals surface area contributed by atoms with Gasteiger partial charge in [-0.2, -0.15) is 13.2 Å². The quantitative estimate of drug-likeness (QED) is 0.215. The molecule has 1 aromatic heterocycles. The second kappa shape index (κ2) is 9.87. The van der Waals surface area contributed by atoms with Gasteiger partial charge in [0.1, 0.15) is 18.2 Å². The molecular formula is C30H20ClF4NO. The van der Waals surface area contributed by atoms with E-state index in [1.54, 1.807) is 30.3 Å². The summed E-state index contributed by atoms with van der Waals surface area (Å²) in [6.45, 7) is 2.05. The van der Waals surface area contributed by atoms with Gasteiger partial charge < -0.3 is 4.74 Å². The summed E-state index contributed by atoms with van der Waals surface area (Å²) in [4.78, 5) is 4.27. The summed E-state index contributed by atoms with van der Waals surface area (Å²) in [7, 11) is 0. The van der Waals surface area contributed by atoms with Crippen molar-refractivity contribution >= 4 is 22.5 Å². The lowest BCUT2D eigenvalue weighted by Gasteiger charge is -2.18. The first kappa shape index (κ1) is 24.8. The molecule has 0 unspecified atom stereocenters. The smallest absolute Gasteiger partial charge is 0.418 e. The van der Waals surface area contributed by atoms with E-state index >= 15 is 0 Å². The molecule has 0 radical (unpaired) electrons. The molecule has 0 saturated carbocycles. The normalized spacial score (nSPS) is 11.6. The number of hydrogen-bond donors (Lipinski definition) is 0. The van der Waals surface area contributed by atoms with E-state index in [2.05, 4.69) is 4.98 Å². The Morgan fingerprint density at radius 2 is 1.65 bits per heavy atom. The highest BCUT2D eigenvalue weighted by atomic mass is 35.5. The third-order valence-corrected chi connectivity index (χ3v) is 6.52. The third kappa shape index (κ3) is 5.02. The highest BCUT2D eigenvalue weighted by Crippen LogP contribution is 2.42. The van der Waals surface area contributed by atoms with Crippen LogP contribution in [-0.4, -0.2) is 4.98 Å². The first-order valence-corrected chi connectivity index (χ1v) is 11.8. The Kier molecular flexibility index (Phi) is 6.61. The van der Waals surface area contributed by atoms with Crippen LogP contribution in [0.25, 0.3) is 33.2 Å². The van der Waals surface area contributed by atoms with Gasteiger partial charge in [-0.1, -0.05) is 66.2 Å². The molecule has 0 N–H and O–H groups in total. The number of para-hydroxylation sites is 1. The zero-order chi connectivity index (χ0) is 26.2. The minimum atomic E-state index is -4.55. The van der Waals surface area contributed by atoms with Crippen LogP contribution in [-0.2, 0) is 12.8 Å². The maximum Gasteiger partial charge on any atom is 0.418 e. The van der Waals surface area contributed by atoms with Crippen LogP contribution in [0.5, 0.6) is 5.75 Å². The van der Waals surface area contributed by atoms with Crippen molar-refractivity contribution in [1.29, 1.82) is 0 Å². The summed E-state index contributed by atoms with van der Waals surface area (Å²) in [5, 5.41) is 0.632. The molecule has 5 aromatic rings. The maximum absolute atomic E-state index is 13.8. The number of aryl methyl sites for hydroxylation is 1. The molecule has 4 aromatic carbocycles. The molecule has 0 aliphatic carbocycles. The SMILES string of the molecule is Cc1ccccc1-c1cnc2c(C(F)(F)F)cccc2c1-c1cccc(OCc2ccc(F)cc2Cl)c1. The number of rotatable bonds is 5. The van der Waals surface area contributed by atoms with Gasteiger partial charge in [0.05, 0.1) is 16.1 Å². The Morgan fingerprint density at radius 1 is 0.865 bits per heavy atom. The standard InChI is InChI=1S/C30H20ClF4NO/c1-18-6-2-3-9-23(18)25-16-36-29-24(10-5-11-26(29)30(33,34)35)28(25)19-7-4-8-22(14-19)37-17-20-12-13-21(32)15-27(20)31/h2-16H,17H2,1H3. The summed E-state index contributed by atoms with van der Waals surface area (Å²) < 4.78 is 60.8. The van der Waals surface area contributed by atoms with Crippen LogP contribution in [0.4, 0.5) is 17.6 Å². The van der Waals surface area contributed by atoms with Gasteiger partial charge in [-0.3, -0.25) is 4.98 Å². The lowest BCUT2D eigenvalue weighted by Crippen LogP contribution is -2.07. The monoisotopic (exact) mass is 521 g/mol. The second-order valence-electron chi connectivity index (χ2n) is 8.61. The molecule has 0 spiro atoms. The Labute approximate surface area is 216 Å². The molecule has 0 aliphatic rings. The molecule has 0 fully saturated rings. The molecule has 5 rings (SSSR count). The number of halogens is 5.